The van der Waals surface area contributed by atoms with Gasteiger partial charge in [0, 0.05) is 21.9 Å². The molecule has 0 saturated carbocycles. The molecule has 2 aromatic heterocycles. The van der Waals surface area contributed by atoms with Crippen molar-refractivity contribution in [1.82, 2.24) is 9.97 Å². The van der Waals surface area contributed by atoms with E-state index in [4.69, 9.17) is 0 Å². The highest BCUT2D eigenvalue weighted by atomic mass is 27.0. The second kappa shape index (κ2) is 13.4. The van der Waals surface area contributed by atoms with E-state index in [9.17, 15) is 30.6 Å². The third-order valence-corrected chi connectivity index (χ3v) is 6.07. The number of aromatic hydroxyl groups is 6. The molecule has 0 spiro atoms. The minimum atomic E-state index is 0. The molecule has 0 atom stereocenters. The number of hydrogen-bond donors (Lipinski definition) is 6. The quantitative estimate of drug-likeness (QED) is 0.143. The number of pyridine rings is 2. The Hall–Kier alpha value is -4.97. The Balaban J connectivity index is 0.000000167. The van der Waals surface area contributed by atoms with Gasteiger partial charge in [0.25, 0.3) is 0 Å². The van der Waals surface area contributed by atoms with Crippen LogP contribution in [-0.2, 0) is 0 Å². The summed E-state index contributed by atoms with van der Waals surface area (Å²) < 4.78 is 0. The van der Waals surface area contributed by atoms with Crippen molar-refractivity contribution in [3.63, 3.8) is 0 Å². The molecule has 6 aromatic rings. The fourth-order valence-electron chi connectivity index (χ4n) is 3.93. The van der Waals surface area contributed by atoms with E-state index in [1.165, 1.54) is 0 Å². The number of rotatable bonds is 1. The summed E-state index contributed by atoms with van der Waals surface area (Å²) in [5.74, 6) is 0.931. The average Bonchev–Trinajstić information content (AvgIpc) is 2.93. The van der Waals surface area contributed by atoms with Gasteiger partial charge in [-0.05, 0) is 50.2 Å². The lowest BCUT2D eigenvalue weighted by Gasteiger charge is -2.05. The first-order chi connectivity index (χ1) is 19.2. The van der Waals surface area contributed by atoms with Crippen LogP contribution in [0.4, 0.5) is 0 Å². The van der Waals surface area contributed by atoms with Crippen LogP contribution in [0.1, 0.15) is 11.4 Å². The van der Waals surface area contributed by atoms with E-state index in [1.807, 2.05) is 12.1 Å². The summed E-state index contributed by atoms with van der Waals surface area (Å²) >= 11 is 0. The fraction of sp³-hybridized carbons (Fsp3) is 0.0625. The van der Waals surface area contributed by atoms with Gasteiger partial charge in [0.15, 0.2) is 17.4 Å². The number of nitrogens with zero attached hydrogens (tertiary/aromatic N) is 2. The van der Waals surface area contributed by atoms with Gasteiger partial charge >= 0.3 is 0 Å². The smallest absolute Gasteiger partial charge is 0.187 e. The highest BCUT2D eigenvalue weighted by Gasteiger charge is 2.07. The number of aromatic nitrogens is 2. The van der Waals surface area contributed by atoms with Gasteiger partial charge in [-0.3, -0.25) is 0 Å². The number of para-hydroxylation sites is 4. The van der Waals surface area contributed by atoms with E-state index < -0.39 is 0 Å². The lowest BCUT2D eigenvalue weighted by atomic mass is 10.0. The maximum Gasteiger partial charge on any atom is 0.187 e. The van der Waals surface area contributed by atoms with Gasteiger partial charge in [-0.1, -0.05) is 60.7 Å². The van der Waals surface area contributed by atoms with Crippen molar-refractivity contribution in [3.05, 3.63) is 108 Å². The average molecular weight is 567 g/mol. The van der Waals surface area contributed by atoms with Crippen molar-refractivity contribution < 1.29 is 30.6 Å². The van der Waals surface area contributed by atoms with E-state index in [0.717, 1.165) is 10.8 Å². The SMILES string of the molecule is Cc1nc2c(O)cccc2cc1O.Cc1nc2c(O)cccc2cc1O.Oc1ccccc1-c1ccccc1O.[AlH3]. The Morgan fingerprint density at radius 1 is 0.415 bits per heavy atom. The predicted molar refractivity (Wildman–Crippen MR) is 165 cm³/mol. The Bertz CT molecular complexity index is 1680. The maximum absolute atomic E-state index is 9.58. The number of hydrogen-bond acceptors (Lipinski definition) is 8. The molecule has 4 aromatic carbocycles. The van der Waals surface area contributed by atoms with Crippen LogP contribution in [0, 0.1) is 13.8 Å². The largest absolute Gasteiger partial charge is 0.507 e. The van der Waals surface area contributed by atoms with Crippen molar-refractivity contribution in [2.45, 2.75) is 13.8 Å². The van der Waals surface area contributed by atoms with Crippen LogP contribution in [-0.4, -0.2) is 58.0 Å². The minimum absolute atomic E-state index is 0. The maximum atomic E-state index is 9.58. The summed E-state index contributed by atoms with van der Waals surface area (Å²) in [6, 6.07) is 27.2. The van der Waals surface area contributed by atoms with Crippen molar-refractivity contribution in [3.8, 4) is 45.6 Å². The molecular weight excluding hydrogens is 535 g/mol. The Morgan fingerprint density at radius 3 is 1.12 bits per heavy atom. The van der Waals surface area contributed by atoms with Gasteiger partial charge in [0.05, 0.1) is 11.4 Å². The predicted octanol–water partition coefficient (Wildman–Crippen LogP) is 5.49. The van der Waals surface area contributed by atoms with E-state index in [0.29, 0.717) is 33.5 Å². The number of aryl methyl sites for hydroxylation is 2. The summed E-state index contributed by atoms with van der Waals surface area (Å²) in [5.41, 5.74) is 3.38. The lowest BCUT2D eigenvalue weighted by molar-refractivity contribution is 0.466. The van der Waals surface area contributed by atoms with Crippen LogP contribution in [0.2, 0.25) is 0 Å². The molecule has 208 valence electrons. The second-order valence-electron chi connectivity index (χ2n) is 8.92. The van der Waals surface area contributed by atoms with E-state index >= 15 is 0 Å². The van der Waals surface area contributed by atoms with Crippen molar-refractivity contribution >= 4 is 39.2 Å². The Morgan fingerprint density at radius 2 is 0.756 bits per heavy atom. The summed E-state index contributed by atoms with van der Waals surface area (Å²) in [4.78, 5) is 8.15. The molecule has 0 bridgehead atoms. The van der Waals surface area contributed by atoms with Crippen LogP contribution < -0.4 is 0 Å². The molecule has 6 rings (SSSR count). The van der Waals surface area contributed by atoms with E-state index in [1.54, 1.807) is 98.8 Å². The van der Waals surface area contributed by atoms with Crippen LogP contribution in [0.3, 0.4) is 0 Å². The third kappa shape index (κ3) is 7.17. The molecule has 0 unspecified atom stereocenters. The molecule has 0 saturated heterocycles. The standard InChI is InChI=1S/C12H10O2.2C10H9NO2.Al.3H/c13-11-7-3-1-5-9(11)10-6-2-4-8-12(10)14;2*1-6-9(13)5-7-3-2-4-8(12)10(7)11-6;;;;/h1-8,13-14H;2*2-5,12-13H,1H3;;;;. The zero-order valence-electron chi connectivity index (χ0n) is 21.8. The molecule has 0 amide bonds. The molecule has 8 nitrogen and oxygen atoms in total. The molecule has 0 aliphatic rings. The molecule has 0 fully saturated rings. The van der Waals surface area contributed by atoms with Gasteiger partial charge in [-0.25, -0.2) is 9.97 Å². The van der Waals surface area contributed by atoms with Crippen LogP contribution in [0.15, 0.2) is 97.1 Å². The topological polar surface area (TPSA) is 147 Å². The highest BCUT2D eigenvalue weighted by Crippen LogP contribution is 2.34. The molecule has 9 heteroatoms. The fourth-order valence-corrected chi connectivity index (χ4v) is 3.93. The second-order valence-corrected chi connectivity index (χ2v) is 8.92. The molecule has 0 aliphatic heterocycles. The van der Waals surface area contributed by atoms with Crippen LogP contribution >= 0.6 is 0 Å². The van der Waals surface area contributed by atoms with E-state index in [2.05, 4.69) is 9.97 Å². The van der Waals surface area contributed by atoms with Gasteiger partial charge in [-0.15, -0.1) is 0 Å². The number of fused-ring (bicyclic) bond motifs is 2. The molecule has 0 aliphatic carbocycles. The minimum Gasteiger partial charge on any atom is -0.507 e. The molecule has 41 heavy (non-hydrogen) atoms. The van der Waals surface area contributed by atoms with Crippen LogP contribution in [0.25, 0.3) is 32.9 Å². The highest BCUT2D eigenvalue weighted by molar-refractivity contribution is 5.86. The molecule has 6 N–H and O–H groups in total. The van der Waals surface area contributed by atoms with Crippen molar-refractivity contribution in [2.24, 2.45) is 0 Å². The zero-order valence-corrected chi connectivity index (χ0v) is 21.8. The van der Waals surface area contributed by atoms with Crippen molar-refractivity contribution in [2.75, 3.05) is 0 Å². The lowest BCUT2D eigenvalue weighted by Crippen LogP contribution is -1.84. The summed E-state index contributed by atoms with van der Waals surface area (Å²) in [7, 11) is 0. The van der Waals surface area contributed by atoms with Gasteiger partial charge < -0.3 is 30.6 Å². The van der Waals surface area contributed by atoms with E-state index in [-0.39, 0.29) is 51.9 Å². The Kier molecular flexibility index (Phi) is 9.99. The Labute approximate surface area is 247 Å². The summed E-state index contributed by atoms with van der Waals surface area (Å²) in [6.07, 6.45) is 0. The molecule has 0 radical (unpaired) electrons. The van der Waals surface area contributed by atoms with Crippen LogP contribution in [0.5, 0.6) is 34.5 Å². The third-order valence-electron chi connectivity index (χ3n) is 6.07. The first kappa shape index (κ1) is 30.6. The number of benzene rings is 4. The summed E-state index contributed by atoms with van der Waals surface area (Å²) in [6.45, 7) is 3.39. The molecule has 2 heterocycles. The van der Waals surface area contributed by atoms with Gasteiger partial charge in [0.1, 0.15) is 45.5 Å². The normalized spacial score (nSPS) is 10.1. The van der Waals surface area contributed by atoms with Crippen molar-refractivity contribution in [1.29, 1.82) is 0 Å². The summed E-state index contributed by atoms with van der Waals surface area (Å²) in [5, 5.41) is 58.2. The van der Waals surface area contributed by atoms with Gasteiger partial charge in [-0.2, -0.15) is 0 Å². The number of phenols is 4. The molecular formula is C32H31AlN2O6. The van der Waals surface area contributed by atoms with Gasteiger partial charge in [0.2, 0.25) is 0 Å². The first-order valence-corrected chi connectivity index (χ1v) is 12.3. The zero-order chi connectivity index (χ0) is 28.8. The number of phenolic OH excluding ortho intramolecular Hbond substituents is 4. The monoisotopic (exact) mass is 566 g/mol. The first-order valence-electron chi connectivity index (χ1n) is 12.3.